The molecule has 1 aromatic heterocycles. The molecule has 3 N–H and O–H groups in total. The molecule has 0 atom stereocenters. The molecule has 0 unspecified atom stereocenters. The second kappa shape index (κ2) is 5.05. The monoisotopic (exact) mass is 264 g/mol. The summed E-state index contributed by atoms with van der Waals surface area (Å²) >= 11 is 1.49. The van der Waals surface area contributed by atoms with Crippen molar-refractivity contribution in [2.75, 3.05) is 0 Å². The molecule has 1 aromatic carbocycles. The summed E-state index contributed by atoms with van der Waals surface area (Å²) in [6, 6.07) is 4.26. The van der Waals surface area contributed by atoms with Crippen molar-refractivity contribution in [3.8, 4) is 11.5 Å². The Morgan fingerprint density at radius 2 is 2.22 bits per heavy atom. The van der Waals surface area contributed by atoms with E-state index in [2.05, 4.69) is 10.3 Å². The third-order valence-electron chi connectivity index (χ3n) is 2.33. The number of aromatic hydroxyl groups is 2. The van der Waals surface area contributed by atoms with E-state index < -0.39 is 11.7 Å². The van der Waals surface area contributed by atoms with Crippen molar-refractivity contribution in [1.82, 2.24) is 10.3 Å². The van der Waals surface area contributed by atoms with Gasteiger partial charge in [0.1, 0.15) is 5.01 Å². The van der Waals surface area contributed by atoms with Crippen LogP contribution in [-0.2, 0) is 6.54 Å². The van der Waals surface area contributed by atoms with Gasteiger partial charge in [-0.15, -0.1) is 11.3 Å². The lowest BCUT2D eigenvalue weighted by Gasteiger charge is -2.06. The van der Waals surface area contributed by atoms with Crippen molar-refractivity contribution >= 4 is 17.2 Å². The average molecular weight is 264 g/mol. The number of para-hydroxylation sites is 1. The lowest BCUT2D eigenvalue weighted by Crippen LogP contribution is -2.22. The van der Waals surface area contributed by atoms with Crippen molar-refractivity contribution in [3.05, 3.63) is 39.8 Å². The molecule has 0 aliphatic rings. The first-order valence-electron chi connectivity index (χ1n) is 5.28. The third-order valence-corrected chi connectivity index (χ3v) is 3.24. The van der Waals surface area contributed by atoms with Crippen LogP contribution >= 0.6 is 11.3 Å². The summed E-state index contributed by atoms with van der Waals surface area (Å²) in [6.07, 6.45) is 1.73. The fourth-order valence-corrected chi connectivity index (χ4v) is 2.18. The molecular weight excluding hydrogens is 252 g/mol. The van der Waals surface area contributed by atoms with Gasteiger partial charge >= 0.3 is 0 Å². The standard InChI is InChI=1S/C12H12N2O3S/c1-7-5-13-10(18-7)6-14-12(17)8-3-2-4-9(15)11(8)16/h2-5,15-16H,6H2,1H3,(H,14,17). The van der Waals surface area contributed by atoms with Gasteiger partial charge in [-0.25, -0.2) is 4.98 Å². The highest BCUT2D eigenvalue weighted by molar-refractivity contribution is 7.11. The highest BCUT2D eigenvalue weighted by atomic mass is 32.1. The Bertz CT molecular complexity index is 580. The maximum Gasteiger partial charge on any atom is 0.255 e. The Morgan fingerprint density at radius 3 is 2.89 bits per heavy atom. The number of amides is 1. The van der Waals surface area contributed by atoms with Crippen LogP contribution in [0.5, 0.6) is 11.5 Å². The average Bonchev–Trinajstić information content (AvgIpc) is 2.76. The first kappa shape index (κ1) is 12.4. The molecule has 1 amide bonds. The number of carbonyl (C=O) groups is 1. The minimum atomic E-state index is -0.448. The molecule has 2 rings (SSSR count). The number of hydrogen-bond acceptors (Lipinski definition) is 5. The van der Waals surface area contributed by atoms with Crippen molar-refractivity contribution in [2.24, 2.45) is 0 Å². The number of benzene rings is 1. The molecule has 0 saturated heterocycles. The van der Waals surface area contributed by atoms with Crippen LogP contribution in [0, 0.1) is 6.92 Å². The zero-order valence-electron chi connectivity index (χ0n) is 9.67. The van der Waals surface area contributed by atoms with E-state index in [-0.39, 0.29) is 11.3 Å². The lowest BCUT2D eigenvalue weighted by atomic mass is 10.1. The fraction of sp³-hybridized carbons (Fsp3) is 0.167. The molecule has 1 heterocycles. The van der Waals surface area contributed by atoms with E-state index >= 15 is 0 Å². The first-order chi connectivity index (χ1) is 8.58. The summed E-state index contributed by atoms with van der Waals surface area (Å²) in [4.78, 5) is 17.0. The van der Waals surface area contributed by atoms with Crippen molar-refractivity contribution in [3.63, 3.8) is 0 Å². The molecule has 5 nitrogen and oxygen atoms in total. The number of phenols is 2. The number of nitrogens with one attached hydrogen (secondary N) is 1. The lowest BCUT2D eigenvalue weighted by molar-refractivity contribution is 0.0947. The third kappa shape index (κ3) is 2.60. The maximum absolute atomic E-state index is 11.8. The summed E-state index contributed by atoms with van der Waals surface area (Å²) in [5, 5.41) is 22.3. The molecule has 0 saturated carbocycles. The summed E-state index contributed by atoms with van der Waals surface area (Å²) < 4.78 is 0. The van der Waals surface area contributed by atoms with Crippen LogP contribution in [0.2, 0.25) is 0 Å². The van der Waals surface area contributed by atoms with Gasteiger partial charge in [0.25, 0.3) is 5.91 Å². The Hall–Kier alpha value is -2.08. The van der Waals surface area contributed by atoms with E-state index in [4.69, 9.17) is 0 Å². The van der Waals surface area contributed by atoms with Gasteiger partial charge < -0.3 is 15.5 Å². The Labute approximate surface area is 108 Å². The zero-order valence-corrected chi connectivity index (χ0v) is 10.5. The number of aromatic nitrogens is 1. The summed E-state index contributed by atoms with van der Waals surface area (Å²) in [5.74, 6) is -1.17. The predicted molar refractivity (Wildman–Crippen MR) is 67.8 cm³/mol. The van der Waals surface area contributed by atoms with Crippen LogP contribution in [0.4, 0.5) is 0 Å². The molecule has 2 aromatic rings. The quantitative estimate of drug-likeness (QED) is 0.738. The molecule has 0 spiro atoms. The number of carbonyl (C=O) groups excluding carboxylic acids is 1. The fourth-order valence-electron chi connectivity index (χ4n) is 1.45. The Balaban J connectivity index is 2.06. The Morgan fingerprint density at radius 1 is 1.44 bits per heavy atom. The molecule has 0 radical (unpaired) electrons. The van der Waals surface area contributed by atoms with Crippen molar-refractivity contribution in [1.29, 1.82) is 0 Å². The predicted octanol–water partition coefficient (Wildman–Crippen LogP) is 1.79. The van der Waals surface area contributed by atoms with E-state index in [1.807, 2.05) is 6.92 Å². The number of phenolic OH excluding ortho intramolecular Hbond substituents is 2. The molecule has 0 aliphatic carbocycles. The van der Waals surface area contributed by atoms with E-state index in [1.54, 1.807) is 6.20 Å². The van der Waals surface area contributed by atoms with Gasteiger partial charge in [0.2, 0.25) is 0 Å². The van der Waals surface area contributed by atoms with Crippen LogP contribution in [0.15, 0.2) is 24.4 Å². The zero-order chi connectivity index (χ0) is 13.1. The number of nitrogens with zero attached hydrogens (tertiary/aromatic N) is 1. The molecule has 0 fully saturated rings. The van der Waals surface area contributed by atoms with Gasteiger partial charge in [0.15, 0.2) is 11.5 Å². The molecule has 0 aliphatic heterocycles. The highest BCUT2D eigenvalue weighted by Gasteiger charge is 2.13. The summed E-state index contributed by atoms with van der Waals surface area (Å²) in [5.41, 5.74) is 0.0447. The summed E-state index contributed by atoms with van der Waals surface area (Å²) in [6.45, 7) is 2.23. The minimum absolute atomic E-state index is 0.0447. The van der Waals surface area contributed by atoms with Crippen LogP contribution in [-0.4, -0.2) is 21.1 Å². The van der Waals surface area contributed by atoms with Crippen molar-refractivity contribution in [2.45, 2.75) is 13.5 Å². The summed E-state index contributed by atoms with van der Waals surface area (Å²) in [7, 11) is 0. The maximum atomic E-state index is 11.8. The normalized spacial score (nSPS) is 10.3. The van der Waals surface area contributed by atoms with Crippen LogP contribution < -0.4 is 5.32 Å². The first-order valence-corrected chi connectivity index (χ1v) is 6.10. The van der Waals surface area contributed by atoms with Crippen LogP contribution in [0.25, 0.3) is 0 Å². The van der Waals surface area contributed by atoms with Gasteiger partial charge in [-0.2, -0.15) is 0 Å². The molecular formula is C12H12N2O3S. The number of thiazole rings is 1. The highest BCUT2D eigenvalue weighted by Crippen LogP contribution is 2.28. The van der Waals surface area contributed by atoms with Gasteiger partial charge in [-0.3, -0.25) is 4.79 Å². The molecule has 18 heavy (non-hydrogen) atoms. The number of rotatable bonds is 3. The second-order valence-electron chi connectivity index (χ2n) is 3.72. The number of aryl methyl sites for hydroxylation is 1. The SMILES string of the molecule is Cc1cnc(CNC(=O)c2cccc(O)c2O)s1. The van der Waals surface area contributed by atoms with Crippen LogP contribution in [0.3, 0.4) is 0 Å². The number of hydrogen-bond donors (Lipinski definition) is 3. The van der Waals surface area contributed by atoms with E-state index in [9.17, 15) is 15.0 Å². The second-order valence-corrected chi connectivity index (χ2v) is 5.04. The van der Waals surface area contributed by atoms with E-state index in [0.717, 1.165) is 9.88 Å². The minimum Gasteiger partial charge on any atom is -0.504 e. The largest absolute Gasteiger partial charge is 0.504 e. The van der Waals surface area contributed by atoms with Crippen LogP contribution in [0.1, 0.15) is 20.2 Å². The van der Waals surface area contributed by atoms with Crippen molar-refractivity contribution < 1.29 is 15.0 Å². The van der Waals surface area contributed by atoms with E-state index in [0.29, 0.717) is 6.54 Å². The van der Waals surface area contributed by atoms with Gasteiger partial charge in [0.05, 0.1) is 12.1 Å². The van der Waals surface area contributed by atoms with E-state index in [1.165, 1.54) is 29.5 Å². The molecule has 94 valence electrons. The van der Waals surface area contributed by atoms with Gasteiger partial charge in [0, 0.05) is 11.1 Å². The van der Waals surface area contributed by atoms with Gasteiger partial charge in [-0.1, -0.05) is 6.07 Å². The van der Waals surface area contributed by atoms with Gasteiger partial charge in [-0.05, 0) is 19.1 Å². The molecule has 6 heteroatoms. The Kier molecular flexibility index (Phi) is 3.47. The topological polar surface area (TPSA) is 82.5 Å². The molecule has 0 bridgehead atoms. The smallest absolute Gasteiger partial charge is 0.255 e.